The molecule has 0 saturated carbocycles. The fourth-order valence-electron chi connectivity index (χ4n) is 3.47. The molecule has 1 aliphatic heterocycles. The first-order valence-corrected chi connectivity index (χ1v) is 10.9. The average molecular weight is 391 g/mol. The number of nitrogens with zero attached hydrogens (tertiary/aromatic N) is 1. The standard InChI is InChI=1S/C20H26N2O4S/c1-21-11-7-16-8-12-22(13-9-16)20(23)19-17(10-14-26-19)15-27(24,25)18-5-3-2-4-6-18/h2-6,10,14,16,21H,7-9,11-13,15H2,1H3. The molecule has 2 aromatic rings. The third kappa shape index (κ3) is 4.78. The summed E-state index contributed by atoms with van der Waals surface area (Å²) in [6, 6.07) is 9.85. The van der Waals surface area contributed by atoms with Crippen LogP contribution in [0.4, 0.5) is 0 Å². The van der Waals surface area contributed by atoms with E-state index in [4.69, 9.17) is 4.42 Å². The Bertz CT molecular complexity index is 853. The van der Waals surface area contributed by atoms with Crippen molar-refractivity contribution in [3.8, 4) is 0 Å². The third-order valence-electron chi connectivity index (χ3n) is 5.09. The van der Waals surface area contributed by atoms with Gasteiger partial charge in [0.15, 0.2) is 15.6 Å². The normalized spacial score (nSPS) is 15.8. The molecule has 7 heteroatoms. The van der Waals surface area contributed by atoms with Gasteiger partial charge < -0.3 is 14.6 Å². The number of sulfone groups is 1. The fraction of sp³-hybridized carbons (Fsp3) is 0.450. The Labute approximate surface area is 160 Å². The molecule has 1 amide bonds. The molecule has 1 aromatic carbocycles. The maximum atomic E-state index is 12.8. The Hall–Kier alpha value is -2.12. The first kappa shape index (κ1) is 19.6. The Morgan fingerprint density at radius 3 is 2.56 bits per heavy atom. The number of likely N-dealkylation sites (tertiary alicyclic amines) is 1. The monoisotopic (exact) mass is 390 g/mol. The summed E-state index contributed by atoms with van der Waals surface area (Å²) in [4.78, 5) is 14.9. The molecule has 0 aliphatic carbocycles. The third-order valence-corrected chi connectivity index (χ3v) is 6.77. The first-order chi connectivity index (χ1) is 13.0. The fourth-order valence-corrected chi connectivity index (χ4v) is 4.84. The molecule has 0 spiro atoms. The largest absolute Gasteiger partial charge is 0.459 e. The molecule has 27 heavy (non-hydrogen) atoms. The van der Waals surface area contributed by atoms with Crippen LogP contribution in [0.25, 0.3) is 0 Å². The van der Waals surface area contributed by atoms with E-state index >= 15 is 0 Å². The zero-order valence-corrected chi connectivity index (χ0v) is 16.4. The highest BCUT2D eigenvalue weighted by Gasteiger charge is 2.28. The molecular weight excluding hydrogens is 364 g/mol. The number of piperidine rings is 1. The summed E-state index contributed by atoms with van der Waals surface area (Å²) in [7, 11) is -1.58. The van der Waals surface area contributed by atoms with Gasteiger partial charge in [0.25, 0.3) is 5.91 Å². The minimum absolute atomic E-state index is 0.142. The number of amides is 1. The van der Waals surface area contributed by atoms with Gasteiger partial charge in [-0.3, -0.25) is 4.79 Å². The van der Waals surface area contributed by atoms with E-state index in [-0.39, 0.29) is 22.3 Å². The lowest BCUT2D eigenvalue weighted by molar-refractivity contribution is 0.0654. The summed E-state index contributed by atoms with van der Waals surface area (Å²) in [5.74, 6) is 0.303. The van der Waals surface area contributed by atoms with Crippen LogP contribution in [-0.2, 0) is 15.6 Å². The Kier molecular flexibility index (Phi) is 6.34. The quantitative estimate of drug-likeness (QED) is 0.786. The maximum Gasteiger partial charge on any atom is 0.289 e. The second-order valence-corrected chi connectivity index (χ2v) is 8.96. The molecule has 0 radical (unpaired) electrons. The van der Waals surface area contributed by atoms with Crippen molar-refractivity contribution < 1.29 is 17.6 Å². The van der Waals surface area contributed by atoms with E-state index in [9.17, 15) is 13.2 Å². The SMILES string of the molecule is CNCCC1CCN(C(=O)c2occc2CS(=O)(=O)c2ccccc2)CC1. The summed E-state index contributed by atoms with van der Waals surface area (Å²) >= 11 is 0. The highest BCUT2D eigenvalue weighted by molar-refractivity contribution is 7.90. The van der Waals surface area contributed by atoms with E-state index < -0.39 is 9.84 Å². The molecular formula is C20H26N2O4S. The Morgan fingerprint density at radius 1 is 1.19 bits per heavy atom. The predicted octanol–water partition coefficient (Wildman–Crippen LogP) is 2.72. The number of benzene rings is 1. The topological polar surface area (TPSA) is 79.6 Å². The van der Waals surface area contributed by atoms with Gasteiger partial charge in [0.1, 0.15) is 0 Å². The molecule has 6 nitrogen and oxygen atoms in total. The van der Waals surface area contributed by atoms with E-state index in [1.165, 1.54) is 6.26 Å². The van der Waals surface area contributed by atoms with Gasteiger partial charge in [-0.2, -0.15) is 0 Å². The molecule has 3 rings (SSSR count). The lowest BCUT2D eigenvalue weighted by atomic mass is 9.93. The van der Waals surface area contributed by atoms with Gasteiger partial charge in [0.05, 0.1) is 16.9 Å². The van der Waals surface area contributed by atoms with Gasteiger partial charge in [0.2, 0.25) is 0 Å². The molecule has 1 aromatic heterocycles. The lowest BCUT2D eigenvalue weighted by Gasteiger charge is -2.31. The van der Waals surface area contributed by atoms with Crippen molar-refractivity contribution in [1.29, 1.82) is 0 Å². The minimum atomic E-state index is -3.53. The molecule has 1 N–H and O–H groups in total. The molecule has 1 saturated heterocycles. The number of hydrogen-bond donors (Lipinski definition) is 1. The second kappa shape index (κ2) is 8.71. The first-order valence-electron chi connectivity index (χ1n) is 9.29. The summed E-state index contributed by atoms with van der Waals surface area (Å²) in [5, 5.41) is 3.16. The number of furan rings is 1. The predicted molar refractivity (Wildman–Crippen MR) is 103 cm³/mol. The van der Waals surface area contributed by atoms with Gasteiger partial charge in [-0.15, -0.1) is 0 Å². The van der Waals surface area contributed by atoms with Crippen molar-refractivity contribution in [3.63, 3.8) is 0 Å². The molecule has 2 heterocycles. The van der Waals surface area contributed by atoms with Gasteiger partial charge in [-0.05, 0) is 57.0 Å². The van der Waals surface area contributed by atoms with E-state index in [1.807, 2.05) is 7.05 Å². The van der Waals surface area contributed by atoms with Gasteiger partial charge >= 0.3 is 0 Å². The smallest absolute Gasteiger partial charge is 0.289 e. The van der Waals surface area contributed by atoms with Crippen LogP contribution in [0.2, 0.25) is 0 Å². The van der Waals surface area contributed by atoms with E-state index in [0.29, 0.717) is 24.6 Å². The van der Waals surface area contributed by atoms with Gasteiger partial charge in [-0.1, -0.05) is 18.2 Å². The molecule has 0 unspecified atom stereocenters. The van der Waals surface area contributed by atoms with Crippen molar-refractivity contribution in [2.75, 3.05) is 26.7 Å². The summed E-state index contributed by atoms with van der Waals surface area (Å²) in [6.07, 6.45) is 4.43. The summed E-state index contributed by atoms with van der Waals surface area (Å²) in [6.45, 7) is 2.34. The highest BCUT2D eigenvalue weighted by Crippen LogP contribution is 2.25. The van der Waals surface area contributed by atoms with Crippen LogP contribution < -0.4 is 5.32 Å². The van der Waals surface area contributed by atoms with E-state index in [1.54, 1.807) is 41.3 Å². The number of carbonyl (C=O) groups excluding carboxylic acids is 1. The van der Waals surface area contributed by atoms with Crippen molar-refractivity contribution in [2.24, 2.45) is 5.92 Å². The molecule has 1 fully saturated rings. The van der Waals surface area contributed by atoms with E-state index in [2.05, 4.69) is 5.32 Å². The van der Waals surface area contributed by atoms with Crippen molar-refractivity contribution >= 4 is 15.7 Å². The molecule has 146 valence electrons. The van der Waals surface area contributed by atoms with Crippen LogP contribution in [0.1, 0.15) is 35.4 Å². The Balaban J connectivity index is 1.67. The van der Waals surface area contributed by atoms with Crippen LogP contribution in [0.3, 0.4) is 0 Å². The second-order valence-electron chi connectivity index (χ2n) is 6.97. The zero-order valence-electron chi connectivity index (χ0n) is 15.6. The molecule has 0 bridgehead atoms. The summed E-state index contributed by atoms with van der Waals surface area (Å²) in [5.41, 5.74) is 0.418. The van der Waals surface area contributed by atoms with Crippen molar-refractivity contribution in [1.82, 2.24) is 10.2 Å². The van der Waals surface area contributed by atoms with Crippen LogP contribution >= 0.6 is 0 Å². The van der Waals surface area contributed by atoms with Crippen LogP contribution in [-0.4, -0.2) is 45.9 Å². The highest BCUT2D eigenvalue weighted by atomic mass is 32.2. The van der Waals surface area contributed by atoms with Crippen molar-refractivity contribution in [2.45, 2.75) is 29.9 Å². The Morgan fingerprint density at radius 2 is 1.89 bits per heavy atom. The number of rotatable bonds is 7. The summed E-state index contributed by atoms with van der Waals surface area (Å²) < 4.78 is 30.6. The minimum Gasteiger partial charge on any atom is -0.459 e. The van der Waals surface area contributed by atoms with Gasteiger partial charge in [-0.25, -0.2) is 8.42 Å². The lowest BCUT2D eigenvalue weighted by Crippen LogP contribution is -2.39. The number of nitrogens with one attached hydrogen (secondary N) is 1. The number of hydrogen-bond acceptors (Lipinski definition) is 5. The van der Waals surface area contributed by atoms with E-state index in [0.717, 1.165) is 25.8 Å². The molecule has 1 aliphatic rings. The maximum absolute atomic E-state index is 12.8. The van der Waals surface area contributed by atoms with Crippen LogP contribution in [0.5, 0.6) is 0 Å². The van der Waals surface area contributed by atoms with Gasteiger partial charge in [0, 0.05) is 18.7 Å². The van der Waals surface area contributed by atoms with Crippen LogP contribution in [0, 0.1) is 5.92 Å². The van der Waals surface area contributed by atoms with Crippen LogP contribution in [0.15, 0.2) is 52.0 Å². The number of carbonyl (C=O) groups is 1. The average Bonchev–Trinajstić information content (AvgIpc) is 3.14. The zero-order chi connectivity index (χ0) is 19.3. The molecule has 0 atom stereocenters. The van der Waals surface area contributed by atoms with Crippen molar-refractivity contribution in [3.05, 3.63) is 54.0 Å².